The van der Waals surface area contributed by atoms with E-state index in [2.05, 4.69) is 54.2 Å². The summed E-state index contributed by atoms with van der Waals surface area (Å²) in [5.41, 5.74) is 2.83. The van der Waals surface area contributed by atoms with Crippen LogP contribution in [0, 0.1) is 0 Å². The number of aromatic nitrogens is 1. The zero-order valence-electron chi connectivity index (χ0n) is 13.7. The van der Waals surface area contributed by atoms with Crippen molar-refractivity contribution in [3.63, 3.8) is 0 Å². The van der Waals surface area contributed by atoms with E-state index in [0.29, 0.717) is 0 Å². The van der Waals surface area contributed by atoms with Gasteiger partial charge in [0.2, 0.25) is 0 Å². The Bertz CT molecular complexity index is 527. The van der Waals surface area contributed by atoms with E-state index < -0.39 is 0 Å². The minimum Gasteiger partial charge on any atom is -0.347 e. The fourth-order valence-corrected chi connectivity index (χ4v) is 2.93. The monoisotopic (exact) mass is 286 g/mol. The molecule has 1 heterocycles. The number of hydrogen-bond acceptors (Lipinski definition) is 1. The molecule has 0 spiro atoms. The third-order valence-corrected chi connectivity index (χ3v) is 4.12. The van der Waals surface area contributed by atoms with Crippen LogP contribution in [0.15, 0.2) is 30.5 Å². The molecule has 0 aliphatic rings. The Morgan fingerprint density at radius 2 is 1.76 bits per heavy atom. The molecule has 0 fully saturated rings. The summed E-state index contributed by atoms with van der Waals surface area (Å²) in [7, 11) is 0. The van der Waals surface area contributed by atoms with Crippen LogP contribution in [0.5, 0.6) is 0 Å². The van der Waals surface area contributed by atoms with Crippen LogP contribution in [-0.2, 0) is 13.1 Å². The number of benzene rings is 1. The van der Waals surface area contributed by atoms with Gasteiger partial charge in [0, 0.05) is 30.2 Å². The first-order chi connectivity index (χ1) is 10.4. The number of nitrogens with zero attached hydrogens (tertiary/aromatic N) is 1. The van der Waals surface area contributed by atoms with E-state index in [1.165, 1.54) is 55.0 Å². The molecule has 1 aromatic heterocycles. The lowest BCUT2D eigenvalue weighted by atomic mass is 10.1. The molecular formula is C19H30N2. The molecule has 2 aromatic rings. The molecule has 0 aliphatic heterocycles. The second-order valence-electron chi connectivity index (χ2n) is 5.96. The van der Waals surface area contributed by atoms with Crippen LogP contribution < -0.4 is 5.32 Å². The lowest BCUT2D eigenvalue weighted by molar-refractivity contribution is 0.576. The van der Waals surface area contributed by atoms with Gasteiger partial charge in [-0.3, -0.25) is 0 Å². The van der Waals surface area contributed by atoms with Crippen molar-refractivity contribution in [1.82, 2.24) is 9.88 Å². The molecule has 116 valence electrons. The molecular weight excluding hydrogens is 256 g/mol. The Morgan fingerprint density at radius 1 is 0.952 bits per heavy atom. The zero-order valence-corrected chi connectivity index (χ0v) is 13.7. The highest BCUT2D eigenvalue weighted by Gasteiger charge is 2.07. The van der Waals surface area contributed by atoms with E-state index in [9.17, 15) is 0 Å². The summed E-state index contributed by atoms with van der Waals surface area (Å²) in [4.78, 5) is 0. The van der Waals surface area contributed by atoms with Crippen LogP contribution in [-0.4, -0.2) is 11.1 Å². The highest BCUT2D eigenvalue weighted by molar-refractivity contribution is 5.83. The standard InChI is InChI=1S/C19H30N2/c1-3-5-6-7-10-14-21-16-17(15-20-13-4-2)18-11-8-9-12-19(18)21/h8-9,11-12,16,20H,3-7,10,13-15H2,1-2H3. The molecule has 2 nitrogen and oxygen atoms in total. The Hall–Kier alpha value is -1.28. The topological polar surface area (TPSA) is 17.0 Å². The van der Waals surface area contributed by atoms with Crippen LogP contribution in [0.25, 0.3) is 10.9 Å². The van der Waals surface area contributed by atoms with Crippen LogP contribution in [0.4, 0.5) is 0 Å². The predicted molar refractivity (Wildman–Crippen MR) is 92.7 cm³/mol. The lowest BCUT2D eigenvalue weighted by Crippen LogP contribution is -2.13. The van der Waals surface area contributed by atoms with E-state index in [0.717, 1.165) is 19.6 Å². The number of unbranched alkanes of at least 4 members (excludes halogenated alkanes) is 4. The fourth-order valence-electron chi connectivity index (χ4n) is 2.93. The molecule has 0 bridgehead atoms. The van der Waals surface area contributed by atoms with Gasteiger partial charge in [0.1, 0.15) is 0 Å². The fraction of sp³-hybridized carbons (Fsp3) is 0.579. The van der Waals surface area contributed by atoms with E-state index >= 15 is 0 Å². The van der Waals surface area contributed by atoms with E-state index in [-0.39, 0.29) is 0 Å². The van der Waals surface area contributed by atoms with Gasteiger partial charge in [0.05, 0.1) is 0 Å². The average molecular weight is 286 g/mol. The van der Waals surface area contributed by atoms with Crippen molar-refractivity contribution in [3.05, 3.63) is 36.0 Å². The molecule has 0 saturated heterocycles. The Kier molecular flexibility index (Phi) is 6.81. The molecule has 0 aliphatic carbocycles. The van der Waals surface area contributed by atoms with E-state index in [4.69, 9.17) is 0 Å². The molecule has 0 radical (unpaired) electrons. The molecule has 0 amide bonds. The summed E-state index contributed by atoms with van der Waals surface area (Å²) < 4.78 is 2.45. The highest BCUT2D eigenvalue weighted by atomic mass is 15.0. The van der Waals surface area contributed by atoms with E-state index in [1.54, 1.807) is 0 Å². The Morgan fingerprint density at radius 3 is 2.57 bits per heavy atom. The molecule has 2 rings (SSSR count). The van der Waals surface area contributed by atoms with Crippen LogP contribution in [0.2, 0.25) is 0 Å². The Balaban J connectivity index is 2.01. The van der Waals surface area contributed by atoms with Crippen molar-refractivity contribution in [2.24, 2.45) is 0 Å². The first-order valence-corrected chi connectivity index (χ1v) is 8.64. The summed E-state index contributed by atoms with van der Waals surface area (Å²) in [5, 5.41) is 4.94. The molecule has 0 atom stereocenters. The van der Waals surface area contributed by atoms with Crippen molar-refractivity contribution in [2.45, 2.75) is 65.5 Å². The van der Waals surface area contributed by atoms with Crippen LogP contribution in [0.1, 0.15) is 57.9 Å². The van der Waals surface area contributed by atoms with Crippen molar-refractivity contribution in [2.75, 3.05) is 6.54 Å². The van der Waals surface area contributed by atoms with Crippen molar-refractivity contribution >= 4 is 10.9 Å². The van der Waals surface area contributed by atoms with Crippen molar-refractivity contribution in [3.8, 4) is 0 Å². The van der Waals surface area contributed by atoms with Gasteiger partial charge in [-0.05, 0) is 31.0 Å². The predicted octanol–water partition coefficient (Wildman–Crippen LogP) is 5.11. The average Bonchev–Trinajstić information content (AvgIpc) is 2.86. The van der Waals surface area contributed by atoms with Gasteiger partial charge in [-0.25, -0.2) is 0 Å². The van der Waals surface area contributed by atoms with Crippen LogP contribution in [0.3, 0.4) is 0 Å². The summed E-state index contributed by atoms with van der Waals surface area (Å²) >= 11 is 0. The number of rotatable bonds is 10. The Labute approximate surface area is 129 Å². The molecule has 0 saturated carbocycles. The van der Waals surface area contributed by atoms with Gasteiger partial charge in [0.15, 0.2) is 0 Å². The summed E-state index contributed by atoms with van der Waals surface area (Å²) in [6.07, 6.45) is 10.3. The third kappa shape index (κ3) is 4.60. The maximum Gasteiger partial charge on any atom is 0.0483 e. The number of hydrogen-bond donors (Lipinski definition) is 1. The number of para-hydroxylation sites is 1. The minimum atomic E-state index is 0.983. The molecule has 1 N–H and O–H groups in total. The van der Waals surface area contributed by atoms with Gasteiger partial charge in [-0.2, -0.15) is 0 Å². The maximum atomic E-state index is 3.53. The number of nitrogens with one attached hydrogen (secondary N) is 1. The smallest absolute Gasteiger partial charge is 0.0483 e. The molecule has 0 unspecified atom stereocenters. The summed E-state index contributed by atoms with van der Waals surface area (Å²) in [6, 6.07) is 8.81. The quantitative estimate of drug-likeness (QED) is 0.600. The summed E-state index contributed by atoms with van der Waals surface area (Å²) in [6.45, 7) is 7.72. The van der Waals surface area contributed by atoms with Gasteiger partial charge < -0.3 is 9.88 Å². The SMILES string of the molecule is CCCCCCCn1cc(CNCCC)c2ccccc21. The van der Waals surface area contributed by atoms with Gasteiger partial charge in [-0.15, -0.1) is 0 Å². The molecule has 2 heteroatoms. The number of aryl methyl sites for hydroxylation is 1. The molecule has 1 aromatic carbocycles. The summed E-state index contributed by atoms with van der Waals surface area (Å²) in [5.74, 6) is 0. The van der Waals surface area contributed by atoms with Crippen LogP contribution >= 0.6 is 0 Å². The molecule has 21 heavy (non-hydrogen) atoms. The zero-order chi connectivity index (χ0) is 14.9. The first kappa shape index (κ1) is 16.1. The van der Waals surface area contributed by atoms with Gasteiger partial charge in [0.25, 0.3) is 0 Å². The normalized spacial score (nSPS) is 11.3. The highest BCUT2D eigenvalue weighted by Crippen LogP contribution is 2.22. The van der Waals surface area contributed by atoms with Gasteiger partial charge in [-0.1, -0.05) is 57.7 Å². The van der Waals surface area contributed by atoms with E-state index in [1.807, 2.05) is 0 Å². The lowest BCUT2D eigenvalue weighted by Gasteiger charge is -2.05. The largest absolute Gasteiger partial charge is 0.347 e. The number of fused-ring (bicyclic) bond motifs is 1. The second-order valence-corrected chi connectivity index (χ2v) is 5.96. The first-order valence-electron chi connectivity index (χ1n) is 8.64. The minimum absolute atomic E-state index is 0.983. The van der Waals surface area contributed by atoms with Gasteiger partial charge >= 0.3 is 0 Å². The second kappa shape index (κ2) is 8.89. The van der Waals surface area contributed by atoms with Crippen molar-refractivity contribution < 1.29 is 0 Å². The third-order valence-electron chi connectivity index (χ3n) is 4.12. The maximum absolute atomic E-state index is 3.53. The van der Waals surface area contributed by atoms with Crippen molar-refractivity contribution in [1.29, 1.82) is 0 Å².